The second kappa shape index (κ2) is 6.14. The molecule has 0 aliphatic rings. The van der Waals surface area contributed by atoms with E-state index in [0.717, 1.165) is 12.1 Å². The molecule has 0 heterocycles. The van der Waals surface area contributed by atoms with Gasteiger partial charge in [-0.1, -0.05) is 0 Å². The van der Waals surface area contributed by atoms with Crippen LogP contribution in [0, 0.1) is 20.2 Å². The van der Waals surface area contributed by atoms with E-state index in [1.54, 1.807) is 0 Å². The number of hydrogen-bond donors (Lipinski definition) is 0. The van der Waals surface area contributed by atoms with E-state index >= 15 is 0 Å². The minimum atomic E-state index is -4.91. The Labute approximate surface area is 144 Å². The number of nitrogens with zero attached hydrogens (tertiary/aromatic N) is 2. The molecule has 0 N–H and O–H groups in total. The monoisotopic (exact) mass is 335 g/mol. The Kier molecular flexibility index (Phi) is 5.10. The standard InChI is InChI=1S/C10H6N2O8S.Na/c13-10-7-3-5(21(18,19)20)1-2-6(7)8(11(14)15)4-9(10)12(16)17;/h1-4,13H,(H,18,19,20);/q;+1/p-2. The Morgan fingerprint density at radius 2 is 1.45 bits per heavy atom. The molecule has 0 saturated heterocycles. The fourth-order valence-corrected chi connectivity index (χ4v) is 2.28. The van der Waals surface area contributed by atoms with Gasteiger partial charge >= 0.3 is 29.6 Å². The summed E-state index contributed by atoms with van der Waals surface area (Å²) in [5.41, 5.74) is -1.80. The maximum Gasteiger partial charge on any atom is 1.00 e. The van der Waals surface area contributed by atoms with E-state index in [0.29, 0.717) is 12.1 Å². The first kappa shape index (κ1) is 18.3. The average molecular weight is 335 g/mol. The Hall–Kier alpha value is -1.79. The molecule has 10 nitrogen and oxygen atoms in total. The maximum atomic E-state index is 11.9. The van der Waals surface area contributed by atoms with Crippen molar-refractivity contribution in [1.82, 2.24) is 0 Å². The minimum Gasteiger partial charge on any atom is -0.867 e. The molecule has 12 heteroatoms. The molecule has 0 spiro atoms. The van der Waals surface area contributed by atoms with Gasteiger partial charge in [-0.3, -0.25) is 20.2 Å². The maximum absolute atomic E-state index is 11.9. The third-order valence-corrected chi connectivity index (χ3v) is 3.53. The predicted octanol–water partition coefficient (Wildman–Crippen LogP) is -2.36. The van der Waals surface area contributed by atoms with E-state index in [9.17, 15) is 38.3 Å². The number of rotatable bonds is 3. The third-order valence-electron chi connectivity index (χ3n) is 2.70. The first-order chi connectivity index (χ1) is 9.62. The summed E-state index contributed by atoms with van der Waals surface area (Å²) in [6, 6.07) is 2.78. The largest absolute Gasteiger partial charge is 1.00 e. The van der Waals surface area contributed by atoms with Gasteiger partial charge in [0.1, 0.15) is 10.1 Å². The van der Waals surface area contributed by atoms with Crippen LogP contribution in [0.15, 0.2) is 29.2 Å². The Morgan fingerprint density at radius 3 is 1.91 bits per heavy atom. The minimum absolute atomic E-state index is 0. The van der Waals surface area contributed by atoms with Crippen LogP contribution in [-0.4, -0.2) is 22.8 Å². The van der Waals surface area contributed by atoms with Gasteiger partial charge in [0, 0.05) is 0 Å². The zero-order valence-electron chi connectivity index (χ0n) is 10.9. The van der Waals surface area contributed by atoms with Gasteiger partial charge in [0.05, 0.1) is 26.2 Å². The van der Waals surface area contributed by atoms with Crippen LogP contribution < -0.4 is 34.7 Å². The van der Waals surface area contributed by atoms with Crippen LogP contribution in [0.1, 0.15) is 0 Å². The molecule has 110 valence electrons. The SMILES string of the molecule is O=[N+]([O-])c1cc([N+](=O)[O-])c2ccc(S(=O)(=O)[O-])cc2c1[O-].[Na+]. The van der Waals surface area contributed by atoms with Crippen molar-refractivity contribution in [2.45, 2.75) is 4.90 Å². The summed E-state index contributed by atoms with van der Waals surface area (Å²) >= 11 is 0. The number of nitro benzene ring substituents is 2. The van der Waals surface area contributed by atoms with Crippen molar-refractivity contribution in [3.63, 3.8) is 0 Å². The molecule has 0 saturated carbocycles. The fraction of sp³-hybridized carbons (Fsp3) is 0. The Bertz CT molecular complexity index is 895. The fourth-order valence-electron chi connectivity index (χ4n) is 1.79. The van der Waals surface area contributed by atoms with Gasteiger partial charge in [-0.15, -0.1) is 0 Å². The smallest absolute Gasteiger partial charge is 0.867 e. The van der Waals surface area contributed by atoms with E-state index < -0.39 is 47.4 Å². The Morgan fingerprint density at radius 1 is 0.909 bits per heavy atom. The second-order valence-corrected chi connectivity index (χ2v) is 5.30. The Balaban J connectivity index is 0.00000242. The van der Waals surface area contributed by atoms with Crippen molar-refractivity contribution >= 4 is 32.3 Å². The first-order valence-electron chi connectivity index (χ1n) is 5.15. The van der Waals surface area contributed by atoms with E-state index in [4.69, 9.17) is 0 Å². The molecule has 22 heavy (non-hydrogen) atoms. The van der Waals surface area contributed by atoms with Crippen LogP contribution >= 0.6 is 0 Å². The normalized spacial score (nSPS) is 11.0. The van der Waals surface area contributed by atoms with E-state index in [2.05, 4.69) is 0 Å². The zero-order valence-corrected chi connectivity index (χ0v) is 13.7. The van der Waals surface area contributed by atoms with Crippen molar-refractivity contribution in [2.75, 3.05) is 0 Å². The average Bonchev–Trinajstić information content (AvgIpc) is 2.36. The molecular weight excluding hydrogens is 331 g/mol. The molecular formula is C10H4N2NaO8S-. The van der Waals surface area contributed by atoms with Crippen molar-refractivity contribution in [3.05, 3.63) is 44.5 Å². The van der Waals surface area contributed by atoms with Crippen LogP contribution in [0.4, 0.5) is 11.4 Å². The van der Waals surface area contributed by atoms with Gasteiger partial charge in [0.2, 0.25) is 0 Å². The molecule has 0 aliphatic heterocycles. The van der Waals surface area contributed by atoms with E-state index in [1.165, 1.54) is 0 Å². The van der Waals surface area contributed by atoms with Crippen molar-refractivity contribution < 1.29 is 57.5 Å². The van der Waals surface area contributed by atoms with Crippen LogP contribution in [0.2, 0.25) is 0 Å². The van der Waals surface area contributed by atoms with Crippen LogP contribution in [0.5, 0.6) is 5.75 Å². The summed E-state index contributed by atoms with van der Waals surface area (Å²) in [5.74, 6) is -1.20. The van der Waals surface area contributed by atoms with Gasteiger partial charge in [0.25, 0.3) is 11.4 Å². The second-order valence-electron chi connectivity index (χ2n) is 3.92. The van der Waals surface area contributed by atoms with Crippen molar-refractivity contribution in [1.29, 1.82) is 0 Å². The first-order valence-corrected chi connectivity index (χ1v) is 6.56. The van der Waals surface area contributed by atoms with Gasteiger partial charge in [-0.25, -0.2) is 8.42 Å². The molecule has 0 radical (unpaired) electrons. The quantitative estimate of drug-likeness (QED) is 0.260. The molecule has 0 unspecified atom stereocenters. The molecule has 0 amide bonds. The van der Waals surface area contributed by atoms with Crippen molar-refractivity contribution in [3.8, 4) is 5.75 Å². The van der Waals surface area contributed by atoms with Gasteiger partial charge in [0.15, 0.2) is 0 Å². The molecule has 2 aromatic rings. The molecule has 0 bridgehead atoms. The number of nitro groups is 2. The summed E-state index contributed by atoms with van der Waals surface area (Å²) < 4.78 is 32.7. The zero-order chi connectivity index (χ0) is 15.9. The summed E-state index contributed by atoms with van der Waals surface area (Å²) in [5, 5.41) is 32.6. The van der Waals surface area contributed by atoms with E-state index in [1.807, 2.05) is 0 Å². The van der Waals surface area contributed by atoms with Gasteiger partial charge in [-0.2, -0.15) is 0 Å². The topological polar surface area (TPSA) is 167 Å². The molecule has 0 fully saturated rings. The number of non-ortho nitro benzene ring substituents is 1. The van der Waals surface area contributed by atoms with E-state index in [-0.39, 0.29) is 34.9 Å². The van der Waals surface area contributed by atoms with Crippen LogP contribution in [0.3, 0.4) is 0 Å². The third kappa shape index (κ3) is 3.18. The number of fused-ring (bicyclic) bond motifs is 1. The van der Waals surface area contributed by atoms with Crippen molar-refractivity contribution in [2.24, 2.45) is 0 Å². The number of hydrogen-bond acceptors (Lipinski definition) is 8. The van der Waals surface area contributed by atoms with Gasteiger partial charge in [-0.05, 0) is 29.3 Å². The molecule has 0 aromatic heterocycles. The summed E-state index contributed by atoms with van der Waals surface area (Å²) in [4.78, 5) is 18.7. The summed E-state index contributed by atoms with van der Waals surface area (Å²) in [6.45, 7) is 0. The molecule has 0 atom stereocenters. The van der Waals surface area contributed by atoms with Crippen LogP contribution in [0.25, 0.3) is 10.8 Å². The summed E-state index contributed by atoms with van der Waals surface area (Å²) in [7, 11) is -4.91. The molecule has 2 rings (SSSR count). The molecule has 2 aromatic carbocycles. The molecule has 0 aliphatic carbocycles. The summed E-state index contributed by atoms with van der Waals surface area (Å²) in [6.07, 6.45) is 0. The van der Waals surface area contributed by atoms with Crippen LogP contribution in [-0.2, 0) is 10.1 Å². The number of benzene rings is 2. The predicted molar refractivity (Wildman–Crippen MR) is 64.7 cm³/mol. The van der Waals surface area contributed by atoms with Gasteiger partial charge < -0.3 is 9.66 Å².